The number of nitrogens with zero attached hydrogens (tertiary/aromatic N) is 1. The summed E-state index contributed by atoms with van der Waals surface area (Å²) in [5.41, 5.74) is 0.726. The quantitative estimate of drug-likeness (QED) is 0.829. The molecule has 1 heterocycles. The number of aromatic nitrogens is 1. The number of carbonyl (C=O) groups excluding carboxylic acids is 1. The summed E-state index contributed by atoms with van der Waals surface area (Å²) in [5.74, 6) is 1.30. The van der Waals surface area contributed by atoms with Crippen LogP contribution in [-0.4, -0.2) is 10.9 Å². The summed E-state index contributed by atoms with van der Waals surface area (Å²) in [5, 5.41) is 2.85. The molecule has 1 saturated carbocycles. The van der Waals surface area contributed by atoms with Crippen molar-refractivity contribution in [1.29, 1.82) is 0 Å². The van der Waals surface area contributed by atoms with Crippen molar-refractivity contribution >= 4 is 11.7 Å². The second-order valence-electron chi connectivity index (χ2n) is 5.43. The van der Waals surface area contributed by atoms with Gasteiger partial charge in [0.15, 0.2) is 0 Å². The molecule has 3 heteroatoms. The van der Waals surface area contributed by atoms with Crippen LogP contribution in [0.5, 0.6) is 0 Å². The van der Waals surface area contributed by atoms with Crippen LogP contribution < -0.4 is 5.32 Å². The van der Waals surface area contributed by atoms with Gasteiger partial charge in [0.2, 0.25) is 5.91 Å². The zero-order chi connectivity index (χ0) is 11.8. The second kappa shape index (κ2) is 3.89. The van der Waals surface area contributed by atoms with E-state index in [9.17, 15) is 4.79 Å². The van der Waals surface area contributed by atoms with Gasteiger partial charge in [-0.3, -0.25) is 4.79 Å². The Morgan fingerprint density at radius 3 is 2.62 bits per heavy atom. The normalized spacial score (nSPS) is 15.9. The number of rotatable bonds is 2. The van der Waals surface area contributed by atoms with E-state index in [0.29, 0.717) is 11.7 Å². The first-order valence-corrected chi connectivity index (χ1v) is 5.75. The second-order valence-corrected chi connectivity index (χ2v) is 5.43. The van der Waals surface area contributed by atoms with Crippen molar-refractivity contribution in [3.63, 3.8) is 0 Å². The zero-order valence-corrected chi connectivity index (χ0v) is 10.1. The number of amides is 1. The molecular formula is C13H18N2O. The van der Waals surface area contributed by atoms with Crippen LogP contribution in [0.25, 0.3) is 0 Å². The van der Waals surface area contributed by atoms with Gasteiger partial charge in [-0.25, -0.2) is 4.98 Å². The monoisotopic (exact) mass is 218 g/mol. The first-order chi connectivity index (χ1) is 7.47. The summed E-state index contributed by atoms with van der Waals surface area (Å²) < 4.78 is 0. The third kappa shape index (κ3) is 2.60. The lowest BCUT2D eigenvalue weighted by molar-refractivity contribution is -0.123. The molecule has 0 spiro atoms. The molecule has 1 amide bonds. The third-order valence-corrected chi connectivity index (χ3v) is 2.69. The highest BCUT2D eigenvalue weighted by Gasteiger charge is 2.26. The Labute approximate surface area is 96.3 Å². The molecule has 0 aliphatic heterocycles. The molecule has 1 fully saturated rings. The molecule has 0 aromatic carbocycles. The van der Waals surface area contributed by atoms with Crippen LogP contribution in [0.4, 0.5) is 5.82 Å². The smallest absolute Gasteiger partial charge is 0.230 e. The Kier molecular flexibility index (Phi) is 2.70. The first-order valence-electron chi connectivity index (χ1n) is 5.75. The maximum atomic E-state index is 11.8. The minimum Gasteiger partial charge on any atom is -0.310 e. The van der Waals surface area contributed by atoms with Crippen molar-refractivity contribution < 1.29 is 4.79 Å². The minimum atomic E-state index is -0.378. The number of nitrogens with one attached hydrogen (secondary N) is 1. The van der Waals surface area contributed by atoms with Gasteiger partial charge in [0.05, 0.1) is 0 Å². The third-order valence-electron chi connectivity index (χ3n) is 2.69. The standard InChI is InChI=1S/C13H18N2O/c1-13(2,3)12(16)15-11-6-4-5-10(14-11)9-7-8-9/h4-6,9H,7-8H2,1-3H3,(H,14,15,16). The molecule has 1 aromatic heterocycles. The van der Waals surface area contributed by atoms with Gasteiger partial charge in [-0.1, -0.05) is 26.8 Å². The average Bonchev–Trinajstić information content (AvgIpc) is 2.99. The van der Waals surface area contributed by atoms with E-state index in [1.54, 1.807) is 0 Å². The van der Waals surface area contributed by atoms with Crippen LogP contribution >= 0.6 is 0 Å². The van der Waals surface area contributed by atoms with E-state index in [-0.39, 0.29) is 11.3 Å². The van der Waals surface area contributed by atoms with Gasteiger partial charge in [-0.2, -0.15) is 0 Å². The number of carbonyl (C=O) groups is 1. The highest BCUT2D eigenvalue weighted by atomic mass is 16.2. The fraction of sp³-hybridized carbons (Fsp3) is 0.538. The molecule has 1 N–H and O–H groups in total. The molecule has 1 aliphatic carbocycles. The summed E-state index contributed by atoms with van der Waals surface area (Å²) in [6, 6.07) is 5.83. The fourth-order valence-electron chi connectivity index (χ4n) is 1.43. The van der Waals surface area contributed by atoms with Crippen LogP contribution in [0.1, 0.15) is 45.2 Å². The van der Waals surface area contributed by atoms with Crippen molar-refractivity contribution in [2.45, 2.75) is 39.5 Å². The van der Waals surface area contributed by atoms with Crippen molar-refractivity contribution in [2.75, 3.05) is 5.32 Å². The lowest BCUT2D eigenvalue weighted by atomic mass is 9.96. The van der Waals surface area contributed by atoms with Crippen molar-refractivity contribution in [2.24, 2.45) is 5.41 Å². The Hall–Kier alpha value is -1.38. The molecule has 1 aliphatic rings. The molecule has 86 valence electrons. The first kappa shape index (κ1) is 11.1. The molecule has 0 atom stereocenters. The van der Waals surface area contributed by atoms with Gasteiger partial charge in [0.1, 0.15) is 5.82 Å². The summed E-state index contributed by atoms with van der Waals surface area (Å²) >= 11 is 0. The molecule has 3 nitrogen and oxygen atoms in total. The van der Waals surface area contributed by atoms with Crippen LogP contribution in [0.3, 0.4) is 0 Å². The van der Waals surface area contributed by atoms with Crippen LogP contribution in [0.2, 0.25) is 0 Å². The summed E-state index contributed by atoms with van der Waals surface area (Å²) in [6.45, 7) is 5.69. The summed E-state index contributed by atoms with van der Waals surface area (Å²) in [4.78, 5) is 16.2. The molecule has 16 heavy (non-hydrogen) atoms. The van der Waals surface area contributed by atoms with Gasteiger partial charge >= 0.3 is 0 Å². The highest BCUT2D eigenvalue weighted by Crippen LogP contribution is 2.39. The van der Waals surface area contributed by atoms with Gasteiger partial charge < -0.3 is 5.32 Å². The Morgan fingerprint density at radius 1 is 1.38 bits per heavy atom. The number of anilines is 1. The molecule has 2 rings (SSSR count). The lowest BCUT2D eigenvalue weighted by Crippen LogP contribution is -2.28. The van der Waals surface area contributed by atoms with E-state index in [4.69, 9.17) is 0 Å². The number of hydrogen-bond acceptors (Lipinski definition) is 2. The highest BCUT2D eigenvalue weighted by molar-refractivity contribution is 5.93. The van der Waals surface area contributed by atoms with Gasteiger partial charge in [-0.15, -0.1) is 0 Å². The number of hydrogen-bond donors (Lipinski definition) is 1. The van der Waals surface area contributed by atoms with Gasteiger partial charge in [0.25, 0.3) is 0 Å². The van der Waals surface area contributed by atoms with Crippen molar-refractivity contribution in [3.8, 4) is 0 Å². The molecule has 0 radical (unpaired) electrons. The predicted octanol–water partition coefficient (Wildman–Crippen LogP) is 2.94. The summed E-state index contributed by atoms with van der Waals surface area (Å²) in [7, 11) is 0. The van der Waals surface area contributed by atoms with Crippen LogP contribution in [0.15, 0.2) is 18.2 Å². The molecule has 1 aromatic rings. The van der Waals surface area contributed by atoms with Crippen LogP contribution in [-0.2, 0) is 4.79 Å². The maximum Gasteiger partial charge on any atom is 0.230 e. The molecule has 0 unspecified atom stereocenters. The van der Waals surface area contributed by atoms with E-state index < -0.39 is 0 Å². The molecule has 0 saturated heterocycles. The summed E-state index contributed by atoms with van der Waals surface area (Å²) in [6.07, 6.45) is 2.45. The largest absolute Gasteiger partial charge is 0.310 e. The van der Waals surface area contributed by atoms with Crippen molar-refractivity contribution in [3.05, 3.63) is 23.9 Å². The Bertz CT molecular complexity index is 403. The average molecular weight is 218 g/mol. The van der Waals surface area contributed by atoms with E-state index in [0.717, 1.165) is 5.69 Å². The Morgan fingerprint density at radius 2 is 2.06 bits per heavy atom. The molecular weight excluding hydrogens is 200 g/mol. The predicted molar refractivity (Wildman–Crippen MR) is 64.3 cm³/mol. The lowest BCUT2D eigenvalue weighted by Gasteiger charge is -2.17. The van der Waals surface area contributed by atoms with Crippen LogP contribution in [0, 0.1) is 5.41 Å². The van der Waals surface area contributed by atoms with E-state index in [1.165, 1.54) is 12.8 Å². The van der Waals surface area contributed by atoms with E-state index >= 15 is 0 Å². The van der Waals surface area contributed by atoms with E-state index in [1.807, 2.05) is 39.0 Å². The number of pyridine rings is 1. The minimum absolute atomic E-state index is 0.00736. The van der Waals surface area contributed by atoms with E-state index in [2.05, 4.69) is 10.3 Å². The maximum absolute atomic E-state index is 11.8. The fourth-order valence-corrected chi connectivity index (χ4v) is 1.43. The van der Waals surface area contributed by atoms with Gasteiger partial charge in [-0.05, 0) is 25.0 Å². The van der Waals surface area contributed by atoms with Crippen molar-refractivity contribution in [1.82, 2.24) is 4.98 Å². The zero-order valence-electron chi connectivity index (χ0n) is 10.1. The van der Waals surface area contributed by atoms with Gasteiger partial charge in [0, 0.05) is 17.0 Å². The Balaban J connectivity index is 2.09. The molecule has 0 bridgehead atoms. The topological polar surface area (TPSA) is 42.0 Å². The SMILES string of the molecule is CC(C)(C)C(=O)Nc1cccc(C2CC2)n1.